The second-order valence-electron chi connectivity index (χ2n) is 8.59. The Morgan fingerprint density at radius 1 is 1.00 bits per heavy atom. The second-order valence-corrected chi connectivity index (χ2v) is 8.97. The van der Waals surface area contributed by atoms with Crippen LogP contribution < -0.4 is 9.47 Å². The summed E-state index contributed by atoms with van der Waals surface area (Å²) in [6, 6.07) is 20.8. The van der Waals surface area contributed by atoms with Gasteiger partial charge in [0, 0.05) is 32.6 Å². The molecule has 0 saturated carbocycles. The molecule has 0 heterocycles. The zero-order valence-electron chi connectivity index (χ0n) is 20.2. The van der Waals surface area contributed by atoms with Gasteiger partial charge in [-0.05, 0) is 41.7 Å². The van der Waals surface area contributed by atoms with Crippen LogP contribution in [-0.4, -0.2) is 30.6 Å². The Kier molecular flexibility index (Phi) is 9.79. The van der Waals surface area contributed by atoms with Crippen LogP contribution in [-0.2, 0) is 17.5 Å². The van der Waals surface area contributed by atoms with E-state index in [2.05, 4.69) is 11.8 Å². The van der Waals surface area contributed by atoms with Crippen LogP contribution in [0.15, 0.2) is 72.8 Å². The molecule has 0 fully saturated rings. The number of rotatable bonds is 11. The van der Waals surface area contributed by atoms with E-state index >= 15 is 0 Å². The lowest BCUT2D eigenvalue weighted by molar-refractivity contribution is -0.137. The number of halogens is 4. The Balaban J connectivity index is 1.68. The van der Waals surface area contributed by atoms with Crippen LogP contribution >= 0.6 is 11.6 Å². The lowest BCUT2D eigenvalue weighted by atomic mass is 10.00. The first kappa shape index (κ1) is 27.6. The van der Waals surface area contributed by atoms with E-state index in [1.165, 1.54) is 13.0 Å². The van der Waals surface area contributed by atoms with Gasteiger partial charge in [0.25, 0.3) is 0 Å². The molecule has 0 spiro atoms. The SMILES string of the molecule is CC(=O)Oc1cccc(OCCCN(Cc2cccc(C(F)(F)F)c2Cl)CC(C)c2ccccc2)c1. The molecule has 0 radical (unpaired) electrons. The number of esters is 1. The van der Waals surface area contributed by atoms with Crippen molar-refractivity contribution in [3.8, 4) is 11.5 Å². The normalized spacial score (nSPS) is 12.4. The van der Waals surface area contributed by atoms with Crippen molar-refractivity contribution in [2.24, 2.45) is 0 Å². The number of ether oxygens (including phenoxy) is 2. The zero-order valence-corrected chi connectivity index (χ0v) is 21.0. The molecule has 1 atom stereocenters. The first-order valence-corrected chi connectivity index (χ1v) is 12.0. The lowest BCUT2D eigenvalue weighted by Crippen LogP contribution is -2.30. The largest absolute Gasteiger partial charge is 0.493 e. The van der Waals surface area contributed by atoms with Crippen LogP contribution in [0.4, 0.5) is 13.2 Å². The number of hydrogen-bond donors (Lipinski definition) is 0. The molecule has 4 nitrogen and oxygen atoms in total. The third-order valence-electron chi connectivity index (χ3n) is 5.63. The first-order valence-electron chi connectivity index (χ1n) is 11.7. The Hall–Kier alpha value is -3.03. The number of carbonyl (C=O) groups excluding carboxylic acids is 1. The van der Waals surface area contributed by atoms with Crippen molar-refractivity contribution in [2.75, 3.05) is 19.7 Å². The molecule has 36 heavy (non-hydrogen) atoms. The van der Waals surface area contributed by atoms with Crippen LogP contribution in [0.2, 0.25) is 5.02 Å². The molecule has 3 aromatic carbocycles. The average molecular weight is 520 g/mol. The van der Waals surface area contributed by atoms with Gasteiger partial charge in [-0.15, -0.1) is 0 Å². The van der Waals surface area contributed by atoms with Crippen molar-refractivity contribution < 1.29 is 27.4 Å². The molecule has 192 valence electrons. The van der Waals surface area contributed by atoms with Crippen molar-refractivity contribution >= 4 is 17.6 Å². The van der Waals surface area contributed by atoms with Gasteiger partial charge in [-0.3, -0.25) is 9.69 Å². The van der Waals surface area contributed by atoms with Crippen molar-refractivity contribution in [2.45, 2.75) is 38.9 Å². The fourth-order valence-electron chi connectivity index (χ4n) is 3.94. The Morgan fingerprint density at radius 3 is 2.39 bits per heavy atom. The molecule has 1 unspecified atom stereocenters. The molecule has 0 amide bonds. The van der Waals surface area contributed by atoms with E-state index in [4.69, 9.17) is 21.1 Å². The van der Waals surface area contributed by atoms with Crippen LogP contribution in [0, 0.1) is 0 Å². The van der Waals surface area contributed by atoms with E-state index in [-0.39, 0.29) is 17.5 Å². The highest BCUT2D eigenvalue weighted by Crippen LogP contribution is 2.36. The number of hydrogen-bond acceptors (Lipinski definition) is 4. The Labute approximate surface area is 214 Å². The first-order chi connectivity index (χ1) is 17.1. The summed E-state index contributed by atoms with van der Waals surface area (Å²) in [5, 5.41) is -0.263. The van der Waals surface area contributed by atoms with Crippen LogP contribution in [0.25, 0.3) is 0 Å². The smallest absolute Gasteiger partial charge is 0.417 e. The maximum absolute atomic E-state index is 13.4. The lowest BCUT2D eigenvalue weighted by Gasteiger charge is -2.27. The number of nitrogens with zero attached hydrogens (tertiary/aromatic N) is 1. The minimum absolute atomic E-state index is 0.164. The van der Waals surface area contributed by atoms with Gasteiger partial charge in [-0.1, -0.05) is 67.1 Å². The van der Waals surface area contributed by atoms with Crippen molar-refractivity contribution in [3.05, 3.63) is 94.5 Å². The molecule has 0 aliphatic rings. The Bertz CT molecular complexity index is 1140. The van der Waals surface area contributed by atoms with Crippen molar-refractivity contribution in [1.82, 2.24) is 4.90 Å². The van der Waals surface area contributed by atoms with Gasteiger partial charge in [0.2, 0.25) is 0 Å². The molecule has 0 aliphatic heterocycles. The molecule has 0 bridgehead atoms. The fraction of sp³-hybridized carbons (Fsp3) is 0.321. The molecular formula is C28H29ClF3NO3. The topological polar surface area (TPSA) is 38.8 Å². The van der Waals surface area contributed by atoms with E-state index in [1.54, 1.807) is 30.3 Å². The minimum Gasteiger partial charge on any atom is -0.493 e. The summed E-state index contributed by atoms with van der Waals surface area (Å²) < 4.78 is 51.0. The van der Waals surface area contributed by atoms with Crippen molar-refractivity contribution in [3.63, 3.8) is 0 Å². The standard InChI is InChI=1S/C28H29ClF3NO3/c1-20(22-9-4-3-5-10-22)18-33(19-23-11-6-14-26(27(23)29)28(30,31)32)15-8-16-35-24-12-7-13-25(17-24)36-21(2)34/h3-7,9-14,17,20H,8,15-16,18-19H2,1-2H3. The molecular weight excluding hydrogens is 491 g/mol. The molecule has 3 rings (SSSR count). The third-order valence-corrected chi connectivity index (χ3v) is 6.08. The summed E-state index contributed by atoms with van der Waals surface area (Å²) in [7, 11) is 0. The summed E-state index contributed by atoms with van der Waals surface area (Å²) in [6.45, 7) is 5.31. The van der Waals surface area contributed by atoms with Gasteiger partial charge in [-0.25, -0.2) is 0 Å². The molecule has 0 saturated heterocycles. The number of carbonyl (C=O) groups is 1. The van der Waals surface area contributed by atoms with E-state index in [1.807, 2.05) is 30.3 Å². The van der Waals surface area contributed by atoms with Crippen LogP contribution in [0.1, 0.15) is 42.9 Å². The highest BCUT2D eigenvalue weighted by molar-refractivity contribution is 6.32. The van der Waals surface area contributed by atoms with Gasteiger partial charge in [0.1, 0.15) is 11.5 Å². The molecule has 3 aromatic rings. The van der Waals surface area contributed by atoms with Gasteiger partial charge in [0.15, 0.2) is 0 Å². The molecule has 0 aromatic heterocycles. The Morgan fingerprint density at radius 2 is 1.69 bits per heavy atom. The number of benzene rings is 3. The third kappa shape index (κ3) is 8.28. The maximum atomic E-state index is 13.4. The average Bonchev–Trinajstić information content (AvgIpc) is 2.82. The van der Waals surface area contributed by atoms with Gasteiger partial charge >= 0.3 is 12.1 Å². The van der Waals surface area contributed by atoms with Gasteiger partial charge in [0.05, 0.1) is 17.2 Å². The summed E-state index contributed by atoms with van der Waals surface area (Å²) in [5.41, 5.74) is 0.756. The maximum Gasteiger partial charge on any atom is 0.417 e. The summed E-state index contributed by atoms with van der Waals surface area (Å²) >= 11 is 6.18. The fourth-order valence-corrected chi connectivity index (χ4v) is 4.24. The van der Waals surface area contributed by atoms with Crippen LogP contribution in [0.5, 0.6) is 11.5 Å². The molecule has 8 heteroatoms. The summed E-state index contributed by atoms with van der Waals surface area (Å²) in [4.78, 5) is 13.3. The van der Waals surface area contributed by atoms with Gasteiger partial charge < -0.3 is 9.47 Å². The number of alkyl halides is 3. The molecule has 0 N–H and O–H groups in total. The van der Waals surface area contributed by atoms with Crippen molar-refractivity contribution in [1.29, 1.82) is 0 Å². The minimum atomic E-state index is -4.51. The predicted molar refractivity (Wildman–Crippen MR) is 134 cm³/mol. The summed E-state index contributed by atoms with van der Waals surface area (Å²) in [6.07, 6.45) is -3.88. The van der Waals surface area contributed by atoms with Crippen LogP contribution in [0.3, 0.4) is 0 Å². The monoisotopic (exact) mass is 519 g/mol. The molecule has 0 aliphatic carbocycles. The van der Waals surface area contributed by atoms with E-state index in [0.717, 1.165) is 11.6 Å². The zero-order chi connectivity index (χ0) is 26.1. The predicted octanol–water partition coefficient (Wildman–Crippen LogP) is 7.36. The highest BCUT2D eigenvalue weighted by Gasteiger charge is 2.34. The van der Waals surface area contributed by atoms with Gasteiger partial charge in [-0.2, -0.15) is 13.2 Å². The van der Waals surface area contributed by atoms with E-state index in [0.29, 0.717) is 43.2 Å². The van der Waals surface area contributed by atoms with E-state index < -0.39 is 17.7 Å². The van der Waals surface area contributed by atoms with E-state index in [9.17, 15) is 18.0 Å². The quantitative estimate of drug-likeness (QED) is 0.151. The second kappa shape index (κ2) is 12.8. The highest BCUT2D eigenvalue weighted by atomic mass is 35.5. The summed E-state index contributed by atoms with van der Waals surface area (Å²) in [5.74, 6) is 0.720.